The number of carbonyl (C=O) groups excluding carboxylic acids is 2. The van der Waals surface area contributed by atoms with E-state index in [2.05, 4.69) is 10.6 Å². The van der Waals surface area contributed by atoms with Gasteiger partial charge in [-0.25, -0.2) is 4.79 Å². The van der Waals surface area contributed by atoms with E-state index in [4.69, 9.17) is 0 Å². The molecule has 2 N–H and O–H groups in total. The largest absolute Gasteiger partial charge is 0.333 e. The summed E-state index contributed by atoms with van der Waals surface area (Å²) in [6.45, 7) is 9.67. The van der Waals surface area contributed by atoms with E-state index in [-0.39, 0.29) is 17.2 Å². The van der Waals surface area contributed by atoms with E-state index in [0.29, 0.717) is 0 Å². The standard InChI is InChI=1S/C15H22N2O2S/c1-10-6-7-12(8-11(10)2)20-9-13(18)16-14(19)17-15(3,4)5/h6-8H,9H2,1-5H3,(H2,16,17,18,19). The summed E-state index contributed by atoms with van der Waals surface area (Å²) < 4.78 is 0. The normalized spacial score (nSPS) is 11.1. The molecular weight excluding hydrogens is 272 g/mol. The number of hydrogen-bond acceptors (Lipinski definition) is 3. The monoisotopic (exact) mass is 294 g/mol. The molecule has 110 valence electrons. The maximum atomic E-state index is 11.7. The molecule has 4 nitrogen and oxygen atoms in total. The summed E-state index contributed by atoms with van der Waals surface area (Å²) in [7, 11) is 0. The summed E-state index contributed by atoms with van der Waals surface area (Å²) >= 11 is 1.42. The second-order valence-electron chi connectivity index (χ2n) is 5.79. The fourth-order valence-electron chi connectivity index (χ4n) is 1.49. The number of benzene rings is 1. The minimum atomic E-state index is -0.455. The van der Waals surface area contributed by atoms with E-state index >= 15 is 0 Å². The summed E-state index contributed by atoms with van der Waals surface area (Å²) in [5.74, 6) is -0.0740. The lowest BCUT2D eigenvalue weighted by Crippen LogP contribution is -2.48. The van der Waals surface area contributed by atoms with Gasteiger partial charge in [-0.3, -0.25) is 10.1 Å². The maximum Gasteiger partial charge on any atom is 0.321 e. The predicted octanol–water partition coefficient (Wildman–Crippen LogP) is 3.02. The number of imide groups is 1. The number of hydrogen-bond donors (Lipinski definition) is 2. The molecule has 0 saturated heterocycles. The Morgan fingerprint density at radius 3 is 2.35 bits per heavy atom. The van der Waals surface area contributed by atoms with Gasteiger partial charge in [0.2, 0.25) is 5.91 Å². The molecule has 1 rings (SSSR count). The van der Waals surface area contributed by atoms with Crippen LogP contribution in [0.25, 0.3) is 0 Å². The third-order valence-corrected chi connectivity index (χ3v) is 3.58. The minimum Gasteiger partial charge on any atom is -0.333 e. The molecule has 3 amide bonds. The summed E-state index contributed by atoms with van der Waals surface area (Å²) in [6, 6.07) is 5.60. The van der Waals surface area contributed by atoms with Gasteiger partial charge in [-0.2, -0.15) is 0 Å². The van der Waals surface area contributed by atoms with Gasteiger partial charge in [-0.05, 0) is 57.9 Å². The van der Waals surface area contributed by atoms with E-state index in [1.54, 1.807) is 0 Å². The Balaban J connectivity index is 2.43. The van der Waals surface area contributed by atoms with Crippen LogP contribution in [0.15, 0.2) is 23.1 Å². The van der Waals surface area contributed by atoms with Gasteiger partial charge in [0.15, 0.2) is 0 Å². The molecule has 0 aliphatic heterocycles. The second kappa shape index (κ2) is 6.79. The Morgan fingerprint density at radius 2 is 1.80 bits per heavy atom. The molecule has 0 atom stereocenters. The van der Waals surface area contributed by atoms with E-state index in [9.17, 15) is 9.59 Å². The zero-order valence-corrected chi connectivity index (χ0v) is 13.5. The Bertz CT molecular complexity index is 507. The lowest BCUT2D eigenvalue weighted by molar-refractivity contribution is -0.117. The summed E-state index contributed by atoms with van der Waals surface area (Å²) in [6.07, 6.45) is 0. The molecule has 0 spiro atoms. The molecule has 0 heterocycles. The smallest absolute Gasteiger partial charge is 0.321 e. The highest BCUT2D eigenvalue weighted by Gasteiger charge is 2.15. The number of carbonyl (C=O) groups is 2. The van der Waals surface area contributed by atoms with Gasteiger partial charge in [0.25, 0.3) is 0 Å². The molecule has 20 heavy (non-hydrogen) atoms. The van der Waals surface area contributed by atoms with E-state index in [1.807, 2.05) is 52.8 Å². The number of nitrogens with one attached hydrogen (secondary N) is 2. The van der Waals surface area contributed by atoms with Crippen molar-refractivity contribution in [2.45, 2.75) is 45.1 Å². The first kappa shape index (κ1) is 16.6. The van der Waals surface area contributed by atoms with E-state index in [1.165, 1.54) is 22.9 Å². The lowest BCUT2D eigenvalue weighted by atomic mass is 10.1. The molecule has 0 unspecified atom stereocenters. The van der Waals surface area contributed by atoms with Gasteiger partial charge >= 0.3 is 6.03 Å². The lowest BCUT2D eigenvalue weighted by Gasteiger charge is -2.20. The van der Waals surface area contributed by atoms with E-state index < -0.39 is 6.03 Å². The van der Waals surface area contributed by atoms with Crippen LogP contribution >= 0.6 is 11.8 Å². The first-order chi connectivity index (χ1) is 9.17. The van der Waals surface area contributed by atoms with Gasteiger partial charge < -0.3 is 5.32 Å². The van der Waals surface area contributed by atoms with Crippen LogP contribution in [0.4, 0.5) is 4.79 Å². The Labute approximate surface area is 124 Å². The molecule has 5 heteroatoms. The van der Waals surface area contributed by atoms with Crippen LogP contribution in [-0.2, 0) is 4.79 Å². The molecule has 0 aromatic heterocycles. The molecule has 0 saturated carbocycles. The quantitative estimate of drug-likeness (QED) is 0.843. The van der Waals surface area contributed by atoms with Crippen molar-refractivity contribution in [3.8, 4) is 0 Å². The Kier molecular flexibility index (Phi) is 5.62. The highest BCUT2D eigenvalue weighted by molar-refractivity contribution is 8.00. The van der Waals surface area contributed by atoms with Crippen molar-refractivity contribution in [2.24, 2.45) is 0 Å². The second-order valence-corrected chi connectivity index (χ2v) is 6.84. The molecule has 0 radical (unpaired) electrons. The molecule has 0 bridgehead atoms. The highest BCUT2D eigenvalue weighted by atomic mass is 32.2. The average molecular weight is 294 g/mol. The SMILES string of the molecule is Cc1ccc(SCC(=O)NC(=O)NC(C)(C)C)cc1C. The molecule has 1 aromatic rings. The molecule has 0 fully saturated rings. The van der Waals surface area contributed by atoms with Crippen molar-refractivity contribution in [3.63, 3.8) is 0 Å². The van der Waals surface area contributed by atoms with Crippen molar-refractivity contribution in [3.05, 3.63) is 29.3 Å². The minimum absolute atomic E-state index is 0.222. The van der Waals surface area contributed by atoms with Crippen LogP contribution in [0, 0.1) is 13.8 Å². The van der Waals surface area contributed by atoms with Crippen LogP contribution in [0.5, 0.6) is 0 Å². The van der Waals surface area contributed by atoms with Crippen LogP contribution < -0.4 is 10.6 Å². The van der Waals surface area contributed by atoms with Crippen molar-refractivity contribution >= 4 is 23.7 Å². The molecule has 0 aliphatic rings. The number of rotatable bonds is 3. The maximum absolute atomic E-state index is 11.7. The van der Waals surface area contributed by atoms with Crippen LogP contribution in [-0.4, -0.2) is 23.2 Å². The first-order valence-corrected chi connectivity index (χ1v) is 7.48. The summed E-state index contributed by atoms with van der Waals surface area (Å²) in [4.78, 5) is 24.2. The predicted molar refractivity (Wildman–Crippen MR) is 83.1 cm³/mol. The van der Waals surface area contributed by atoms with Crippen molar-refractivity contribution in [2.75, 3.05) is 5.75 Å². The van der Waals surface area contributed by atoms with Gasteiger partial charge in [-0.15, -0.1) is 11.8 Å². The third-order valence-electron chi connectivity index (χ3n) is 2.59. The first-order valence-electron chi connectivity index (χ1n) is 6.49. The zero-order chi connectivity index (χ0) is 15.3. The Hall–Kier alpha value is -1.49. The molecule has 0 aliphatic carbocycles. The Morgan fingerprint density at radius 1 is 1.15 bits per heavy atom. The van der Waals surface area contributed by atoms with Gasteiger partial charge in [0.05, 0.1) is 5.75 Å². The van der Waals surface area contributed by atoms with Crippen LogP contribution in [0.3, 0.4) is 0 Å². The molecular formula is C15H22N2O2S. The number of urea groups is 1. The number of amides is 3. The van der Waals surface area contributed by atoms with Crippen molar-refractivity contribution in [1.82, 2.24) is 10.6 Å². The zero-order valence-electron chi connectivity index (χ0n) is 12.7. The molecule has 1 aromatic carbocycles. The average Bonchev–Trinajstić information content (AvgIpc) is 2.28. The third kappa shape index (κ3) is 6.10. The van der Waals surface area contributed by atoms with Crippen LogP contribution in [0.1, 0.15) is 31.9 Å². The van der Waals surface area contributed by atoms with Crippen molar-refractivity contribution < 1.29 is 9.59 Å². The van der Waals surface area contributed by atoms with Gasteiger partial charge in [0.1, 0.15) is 0 Å². The number of thioether (sulfide) groups is 1. The summed E-state index contributed by atoms with van der Waals surface area (Å²) in [5.41, 5.74) is 2.07. The summed E-state index contributed by atoms with van der Waals surface area (Å²) in [5, 5.41) is 5.01. The fourth-order valence-corrected chi connectivity index (χ4v) is 2.28. The van der Waals surface area contributed by atoms with Gasteiger partial charge in [0, 0.05) is 10.4 Å². The number of aryl methyl sites for hydroxylation is 2. The van der Waals surface area contributed by atoms with E-state index in [0.717, 1.165) is 4.90 Å². The van der Waals surface area contributed by atoms with Crippen LogP contribution in [0.2, 0.25) is 0 Å². The van der Waals surface area contributed by atoms with Crippen molar-refractivity contribution in [1.29, 1.82) is 0 Å². The fraction of sp³-hybridized carbons (Fsp3) is 0.467. The topological polar surface area (TPSA) is 58.2 Å². The van der Waals surface area contributed by atoms with Gasteiger partial charge in [-0.1, -0.05) is 6.07 Å². The highest BCUT2D eigenvalue weighted by Crippen LogP contribution is 2.20.